The monoisotopic (exact) mass is 361 g/mol. The van der Waals surface area contributed by atoms with E-state index in [1.807, 2.05) is 36.4 Å². The predicted octanol–water partition coefficient (Wildman–Crippen LogP) is 5.47. The van der Waals surface area contributed by atoms with Crippen molar-refractivity contribution < 1.29 is 4.79 Å². The van der Waals surface area contributed by atoms with Gasteiger partial charge in [0.25, 0.3) is 0 Å². The molecular formula is C25H31NO. The zero-order valence-corrected chi connectivity index (χ0v) is 16.6. The van der Waals surface area contributed by atoms with E-state index >= 15 is 0 Å². The van der Waals surface area contributed by atoms with Crippen LogP contribution in [0.15, 0.2) is 60.7 Å². The van der Waals surface area contributed by atoms with Crippen LogP contribution in [0, 0.1) is 11.3 Å². The van der Waals surface area contributed by atoms with Gasteiger partial charge in [-0.15, -0.1) is 0 Å². The maximum Gasteiger partial charge on any atom is 0.235 e. The first-order valence-corrected chi connectivity index (χ1v) is 10.5. The van der Waals surface area contributed by atoms with Crippen LogP contribution in [0.3, 0.4) is 0 Å². The molecule has 2 bridgehead atoms. The summed E-state index contributed by atoms with van der Waals surface area (Å²) < 4.78 is 0. The highest BCUT2D eigenvalue weighted by Crippen LogP contribution is 2.52. The maximum absolute atomic E-state index is 13.7. The van der Waals surface area contributed by atoms with Gasteiger partial charge >= 0.3 is 0 Å². The average molecular weight is 362 g/mol. The van der Waals surface area contributed by atoms with E-state index in [4.69, 9.17) is 0 Å². The van der Waals surface area contributed by atoms with Gasteiger partial charge in [0.2, 0.25) is 5.91 Å². The second-order valence-electron chi connectivity index (χ2n) is 8.90. The van der Waals surface area contributed by atoms with Crippen molar-refractivity contribution in [2.45, 2.75) is 63.8 Å². The Balaban J connectivity index is 1.63. The third-order valence-corrected chi connectivity index (χ3v) is 7.57. The summed E-state index contributed by atoms with van der Waals surface area (Å²) in [7, 11) is 0. The molecule has 2 heteroatoms. The number of carbonyl (C=O) groups excluding carboxylic acids is 1. The first kappa shape index (κ1) is 18.3. The fourth-order valence-corrected chi connectivity index (χ4v) is 5.40. The second kappa shape index (κ2) is 7.14. The standard InChI is InChI=1S/C25H31NO/c1-19(25-16-13-20(14-17-25)15-18-25)26-23(27)24(2,21-9-5-3-6-10-21)22-11-7-4-8-12-22/h3-12,19-20H,13-18H2,1-2H3,(H,26,27)/t19-,20?,25?/m1/s1. The molecule has 2 aromatic rings. The molecule has 2 aromatic carbocycles. The van der Waals surface area contributed by atoms with Gasteiger partial charge in [0.1, 0.15) is 0 Å². The second-order valence-corrected chi connectivity index (χ2v) is 8.90. The number of carbonyl (C=O) groups is 1. The van der Waals surface area contributed by atoms with Gasteiger partial charge in [0.05, 0.1) is 5.41 Å². The quantitative estimate of drug-likeness (QED) is 0.752. The SMILES string of the molecule is C[C@@H](NC(=O)C(C)(c1ccccc1)c1ccccc1)C12CCC(CC1)CC2. The minimum absolute atomic E-state index is 0.120. The summed E-state index contributed by atoms with van der Waals surface area (Å²) in [5.41, 5.74) is 1.72. The van der Waals surface area contributed by atoms with Crippen LogP contribution in [0.2, 0.25) is 0 Å². The van der Waals surface area contributed by atoms with Crippen molar-refractivity contribution in [2.24, 2.45) is 11.3 Å². The molecule has 0 saturated heterocycles. The Hall–Kier alpha value is -2.09. The summed E-state index contributed by atoms with van der Waals surface area (Å²) in [6.45, 7) is 4.30. The third-order valence-electron chi connectivity index (χ3n) is 7.57. The summed E-state index contributed by atoms with van der Waals surface area (Å²) >= 11 is 0. The minimum atomic E-state index is -0.681. The van der Waals surface area contributed by atoms with E-state index in [1.165, 1.54) is 38.5 Å². The molecule has 3 fully saturated rings. The van der Waals surface area contributed by atoms with E-state index < -0.39 is 5.41 Å². The smallest absolute Gasteiger partial charge is 0.235 e. The lowest BCUT2D eigenvalue weighted by Crippen LogP contribution is -2.54. The molecule has 3 aliphatic carbocycles. The molecule has 1 N–H and O–H groups in total. The van der Waals surface area contributed by atoms with Crippen molar-refractivity contribution in [2.75, 3.05) is 0 Å². The van der Waals surface area contributed by atoms with Crippen LogP contribution in [-0.2, 0) is 10.2 Å². The summed E-state index contributed by atoms with van der Waals surface area (Å²) in [6.07, 6.45) is 7.84. The third kappa shape index (κ3) is 3.20. The lowest BCUT2D eigenvalue weighted by atomic mass is 9.58. The molecule has 0 heterocycles. The van der Waals surface area contributed by atoms with Gasteiger partial charge in [0, 0.05) is 6.04 Å². The van der Waals surface area contributed by atoms with Crippen LogP contribution in [-0.4, -0.2) is 11.9 Å². The summed E-state index contributed by atoms with van der Waals surface area (Å²) in [5.74, 6) is 1.06. The topological polar surface area (TPSA) is 29.1 Å². The molecule has 1 atom stereocenters. The maximum atomic E-state index is 13.7. The van der Waals surface area contributed by atoms with E-state index in [0.29, 0.717) is 5.41 Å². The van der Waals surface area contributed by atoms with Crippen LogP contribution in [0.25, 0.3) is 0 Å². The Kier molecular flexibility index (Phi) is 4.84. The lowest BCUT2D eigenvalue weighted by molar-refractivity contribution is -0.127. The molecule has 2 nitrogen and oxygen atoms in total. The Bertz CT molecular complexity index is 721. The molecule has 5 rings (SSSR count). The molecule has 3 aliphatic rings. The van der Waals surface area contributed by atoms with E-state index in [9.17, 15) is 4.79 Å². The number of fused-ring (bicyclic) bond motifs is 3. The zero-order chi connectivity index (χ0) is 18.9. The number of hydrogen-bond donors (Lipinski definition) is 1. The molecule has 0 spiro atoms. The zero-order valence-electron chi connectivity index (χ0n) is 16.6. The number of hydrogen-bond acceptors (Lipinski definition) is 1. The predicted molar refractivity (Wildman–Crippen MR) is 111 cm³/mol. The Morgan fingerprint density at radius 1 is 0.926 bits per heavy atom. The highest BCUT2D eigenvalue weighted by atomic mass is 16.2. The summed E-state index contributed by atoms with van der Waals surface area (Å²) in [4.78, 5) is 13.7. The molecule has 3 saturated carbocycles. The van der Waals surface area contributed by atoms with Gasteiger partial charge in [-0.05, 0) is 74.8 Å². The Morgan fingerprint density at radius 3 is 1.81 bits per heavy atom. The first-order chi connectivity index (χ1) is 13.0. The van der Waals surface area contributed by atoms with Crippen molar-refractivity contribution >= 4 is 5.91 Å². The molecule has 27 heavy (non-hydrogen) atoms. The largest absolute Gasteiger partial charge is 0.352 e. The molecule has 142 valence electrons. The van der Waals surface area contributed by atoms with Crippen LogP contribution in [0.4, 0.5) is 0 Å². The lowest BCUT2D eigenvalue weighted by Gasteiger charge is -2.50. The van der Waals surface area contributed by atoms with Gasteiger partial charge in [-0.2, -0.15) is 0 Å². The molecule has 1 amide bonds. The average Bonchev–Trinajstić information content (AvgIpc) is 2.75. The van der Waals surface area contributed by atoms with E-state index in [0.717, 1.165) is 17.0 Å². The minimum Gasteiger partial charge on any atom is -0.352 e. The molecule has 0 unspecified atom stereocenters. The number of benzene rings is 2. The number of rotatable bonds is 5. The fourth-order valence-electron chi connectivity index (χ4n) is 5.40. The molecule has 0 aliphatic heterocycles. The molecule has 0 aromatic heterocycles. The number of nitrogens with one attached hydrogen (secondary N) is 1. The van der Waals surface area contributed by atoms with Gasteiger partial charge in [-0.25, -0.2) is 0 Å². The van der Waals surface area contributed by atoms with Crippen molar-refractivity contribution in [3.05, 3.63) is 71.8 Å². The van der Waals surface area contributed by atoms with E-state index in [1.54, 1.807) is 0 Å². The van der Waals surface area contributed by atoms with Crippen molar-refractivity contribution in [1.29, 1.82) is 0 Å². The Morgan fingerprint density at radius 2 is 1.37 bits per heavy atom. The summed E-state index contributed by atoms with van der Waals surface area (Å²) in [5, 5.41) is 3.46. The van der Waals surface area contributed by atoms with Crippen molar-refractivity contribution in [3.63, 3.8) is 0 Å². The van der Waals surface area contributed by atoms with Crippen LogP contribution in [0.5, 0.6) is 0 Å². The normalized spacial score (nSPS) is 25.8. The van der Waals surface area contributed by atoms with Crippen molar-refractivity contribution in [3.8, 4) is 0 Å². The highest BCUT2D eigenvalue weighted by molar-refractivity contribution is 5.91. The van der Waals surface area contributed by atoms with Crippen molar-refractivity contribution in [1.82, 2.24) is 5.32 Å². The van der Waals surface area contributed by atoms with Crippen LogP contribution in [0.1, 0.15) is 63.5 Å². The van der Waals surface area contributed by atoms with Crippen LogP contribution >= 0.6 is 0 Å². The van der Waals surface area contributed by atoms with Gasteiger partial charge in [-0.1, -0.05) is 60.7 Å². The van der Waals surface area contributed by atoms with Gasteiger partial charge < -0.3 is 5.32 Å². The molecular weight excluding hydrogens is 330 g/mol. The number of amides is 1. The highest BCUT2D eigenvalue weighted by Gasteiger charge is 2.46. The van der Waals surface area contributed by atoms with E-state index in [-0.39, 0.29) is 11.9 Å². The fraction of sp³-hybridized carbons (Fsp3) is 0.480. The van der Waals surface area contributed by atoms with E-state index in [2.05, 4.69) is 43.4 Å². The summed E-state index contributed by atoms with van der Waals surface area (Å²) in [6, 6.07) is 20.6. The Labute approximate surface area is 163 Å². The van der Waals surface area contributed by atoms with Gasteiger partial charge in [0.15, 0.2) is 0 Å². The van der Waals surface area contributed by atoms with Gasteiger partial charge in [-0.3, -0.25) is 4.79 Å². The first-order valence-electron chi connectivity index (χ1n) is 10.5. The van der Waals surface area contributed by atoms with Crippen LogP contribution < -0.4 is 5.32 Å². The molecule has 0 radical (unpaired) electrons.